The summed E-state index contributed by atoms with van der Waals surface area (Å²) in [5.41, 5.74) is 0.718. The van der Waals surface area contributed by atoms with Crippen molar-refractivity contribution >= 4 is 17.6 Å². The van der Waals surface area contributed by atoms with Crippen molar-refractivity contribution in [2.75, 3.05) is 13.1 Å². The molecule has 2 amide bonds. The maximum atomic E-state index is 12.3. The molecule has 3 rings (SSSR count). The number of carbonyl (C=O) groups excluding carboxylic acids is 1. The normalized spacial score (nSPS) is 16.9. The highest BCUT2D eigenvalue weighted by Gasteiger charge is 2.36. The van der Waals surface area contributed by atoms with Crippen molar-refractivity contribution in [3.8, 4) is 0 Å². The molecule has 6 nitrogen and oxygen atoms in total. The highest BCUT2D eigenvalue weighted by Crippen LogP contribution is 2.36. The Labute approximate surface area is 146 Å². The first kappa shape index (κ1) is 16.8. The van der Waals surface area contributed by atoms with Gasteiger partial charge in [-0.1, -0.05) is 29.8 Å². The molecule has 1 aromatic carbocycles. The Morgan fingerprint density at radius 1 is 1.38 bits per heavy atom. The van der Waals surface area contributed by atoms with Gasteiger partial charge in [0.25, 0.3) is 0 Å². The van der Waals surface area contributed by atoms with E-state index in [1.807, 2.05) is 31.4 Å². The van der Waals surface area contributed by atoms with E-state index in [4.69, 9.17) is 11.6 Å². The molecule has 1 saturated heterocycles. The Bertz CT molecular complexity index is 723. The number of benzene rings is 1. The minimum Gasteiger partial charge on any atom is -0.385 e. The molecule has 0 unspecified atom stereocenters. The first-order valence-electron chi connectivity index (χ1n) is 7.96. The first-order chi connectivity index (χ1) is 11.5. The summed E-state index contributed by atoms with van der Waals surface area (Å²) in [6, 6.07) is 7.21. The zero-order valence-corrected chi connectivity index (χ0v) is 14.3. The number of aryl methyl sites for hydroxylation is 1. The molecule has 1 aliphatic rings. The Morgan fingerprint density at radius 2 is 2.08 bits per heavy atom. The van der Waals surface area contributed by atoms with E-state index in [9.17, 15) is 9.90 Å². The molecule has 0 saturated carbocycles. The minimum absolute atomic E-state index is 0.125. The second kappa shape index (κ2) is 6.83. The van der Waals surface area contributed by atoms with Crippen LogP contribution in [-0.2, 0) is 19.2 Å². The molecule has 1 aromatic heterocycles. The molecule has 0 spiro atoms. The van der Waals surface area contributed by atoms with Crippen LogP contribution >= 0.6 is 11.6 Å². The number of halogens is 1. The predicted molar refractivity (Wildman–Crippen MR) is 91.6 cm³/mol. The van der Waals surface area contributed by atoms with Crippen molar-refractivity contribution < 1.29 is 9.90 Å². The van der Waals surface area contributed by atoms with E-state index < -0.39 is 5.60 Å². The molecular formula is C17H21ClN4O2. The number of aliphatic hydroxyl groups is 1. The fourth-order valence-electron chi connectivity index (χ4n) is 3.04. The fraction of sp³-hybridized carbons (Fsp3) is 0.412. The van der Waals surface area contributed by atoms with Gasteiger partial charge in [0.05, 0.1) is 11.8 Å². The van der Waals surface area contributed by atoms with Crippen molar-refractivity contribution in [2.45, 2.75) is 25.0 Å². The second-order valence-corrected chi connectivity index (χ2v) is 6.59. The summed E-state index contributed by atoms with van der Waals surface area (Å²) in [6.07, 6.45) is 4.54. The molecule has 0 atom stereocenters. The average molecular weight is 349 g/mol. The largest absolute Gasteiger partial charge is 0.385 e. The van der Waals surface area contributed by atoms with Crippen LogP contribution in [0.2, 0.25) is 5.02 Å². The molecule has 1 aliphatic heterocycles. The average Bonchev–Trinajstić information content (AvgIpc) is 2.99. The molecule has 2 heterocycles. The molecule has 2 aromatic rings. The van der Waals surface area contributed by atoms with Crippen LogP contribution in [0.5, 0.6) is 0 Å². The smallest absolute Gasteiger partial charge is 0.317 e. The van der Waals surface area contributed by atoms with Gasteiger partial charge in [-0.3, -0.25) is 4.68 Å². The topological polar surface area (TPSA) is 70.4 Å². The number of likely N-dealkylation sites (tertiary alicyclic amines) is 1. The van der Waals surface area contributed by atoms with Crippen LogP contribution in [0.4, 0.5) is 4.79 Å². The van der Waals surface area contributed by atoms with Gasteiger partial charge in [0.15, 0.2) is 0 Å². The van der Waals surface area contributed by atoms with Crippen molar-refractivity contribution in [2.24, 2.45) is 7.05 Å². The van der Waals surface area contributed by atoms with Crippen molar-refractivity contribution in [3.05, 3.63) is 52.8 Å². The molecule has 0 bridgehead atoms. The zero-order chi connectivity index (χ0) is 17.2. The molecule has 128 valence electrons. The second-order valence-electron chi connectivity index (χ2n) is 6.18. The standard InChI is InChI=1S/C17H21ClN4O2/c1-21-12-13(11-20-21)10-19-16(23)22-8-6-17(24,7-9-22)14-4-2-3-5-15(14)18/h2-5,11-12,24H,6-10H2,1H3,(H,19,23). The molecule has 24 heavy (non-hydrogen) atoms. The number of urea groups is 1. The summed E-state index contributed by atoms with van der Waals surface area (Å²) in [5, 5.41) is 18.4. The van der Waals surface area contributed by atoms with Gasteiger partial charge in [-0.2, -0.15) is 5.10 Å². The van der Waals surface area contributed by atoms with E-state index in [0.29, 0.717) is 37.5 Å². The highest BCUT2D eigenvalue weighted by atomic mass is 35.5. The summed E-state index contributed by atoms with van der Waals surface area (Å²) < 4.78 is 1.70. The number of carbonyl (C=O) groups is 1. The van der Waals surface area contributed by atoms with Crippen LogP contribution in [0.25, 0.3) is 0 Å². The van der Waals surface area contributed by atoms with E-state index in [2.05, 4.69) is 10.4 Å². The number of hydrogen-bond donors (Lipinski definition) is 2. The van der Waals surface area contributed by atoms with Gasteiger partial charge in [0, 0.05) is 49.0 Å². The Balaban J connectivity index is 1.56. The van der Waals surface area contributed by atoms with Crippen molar-refractivity contribution in [1.29, 1.82) is 0 Å². The van der Waals surface area contributed by atoms with Gasteiger partial charge in [0.1, 0.15) is 0 Å². The maximum absolute atomic E-state index is 12.3. The SMILES string of the molecule is Cn1cc(CNC(=O)N2CCC(O)(c3ccccc3Cl)CC2)cn1. The molecular weight excluding hydrogens is 328 g/mol. The summed E-state index contributed by atoms with van der Waals surface area (Å²) >= 11 is 6.20. The maximum Gasteiger partial charge on any atom is 0.317 e. The van der Waals surface area contributed by atoms with Crippen LogP contribution in [0.15, 0.2) is 36.7 Å². The predicted octanol–water partition coefficient (Wildman–Crippen LogP) is 2.27. The molecule has 0 aliphatic carbocycles. The molecule has 1 fully saturated rings. The third kappa shape index (κ3) is 3.55. The number of rotatable bonds is 3. The van der Waals surface area contributed by atoms with Gasteiger partial charge in [-0.15, -0.1) is 0 Å². The molecule has 7 heteroatoms. The monoisotopic (exact) mass is 348 g/mol. The summed E-state index contributed by atoms with van der Waals surface area (Å²) in [7, 11) is 1.84. The number of amides is 2. The van der Waals surface area contributed by atoms with E-state index in [1.165, 1.54) is 0 Å². The van der Waals surface area contributed by atoms with Gasteiger partial charge < -0.3 is 15.3 Å². The third-order valence-electron chi connectivity index (χ3n) is 4.46. The number of hydrogen-bond acceptors (Lipinski definition) is 3. The highest BCUT2D eigenvalue weighted by molar-refractivity contribution is 6.31. The van der Waals surface area contributed by atoms with E-state index in [-0.39, 0.29) is 6.03 Å². The molecule has 2 N–H and O–H groups in total. The lowest BCUT2D eigenvalue weighted by molar-refractivity contribution is -0.0167. The summed E-state index contributed by atoms with van der Waals surface area (Å²) in [6.45, 7) is 1.42. The van der Waals surface area contributed by atoms with Gasteiger partial charge in [0.2, 0.25) is 0 Å². The minimum atomic E-state index is -0.974. The number of aromatic nitrogens is 2. The Hall–Kier alpha value is -2.05. The summed E-state index contributed by atoms with van der Waals surface area (Å²) in [4.78, 5) is 14.0. The van der Waals surface area contributed by atoms with Crippen LogP contribution in [0.3, 0.4) is 0 Å². The van der Waals surface area contributed by atoms with Gasteiger partial charge >= 0.3 is 6.03 Å². The lowest BCUT2D eigenvalue weighted by Crippen LogP contribution is -2.48. The third-order valence-corrected chi connectivity index (χ3v) is 4.78. The zero-order valence-electron chi connectivity index (χ0n) is 13.6. The lowest BCUT2D eigenvalue weighted by Gasteiger charge is -2.38. The van der Waals surface area contributed by atoms with Gasteiger partial charge in [-0.05, 0) is 18.9 Å². The van der Waals surface area contributed by atoms with Crippen molar-refractivity contribution in [3.63, 3.8) is 0 Å². The number of piperidine rings is 1. The van der Waals surface area contributed by atoms with Crippen LogP contribution in [0.1, 0.15) is 24.0 Å². The van der Waals surface area contributed by atoms with E-state index >= 15 is 0 Å². The quantitative estimate of drug-likeness (QED) is 0.893. The van der Waals surface area contributed by atoms with E-state index in [1.54, 1.807) is 21.8 Å². The summed E-state index contributed by atoms with van der Waals surface area (Å²) in [5.74, 6) is 0. The molecule has 0 radical (unpaired) electrons. The van der Waals surface area contributed by atoms with Crippen LogP contribution in [-0.4, -0.2) is 38.9 Å². The van der Waals surface area contributed by atoms with E-state index in [0.717, 1.165) is 11.1 Å². The first-order valence-corrected chi connectivity index (χ1v) is 8.33. The number of nitrogens with zero attached hydrogens (tertiary/aromatic N) is 3. The fourth-order valence-corrected chi connectivity index (χ4v) is 3.35. The Morgan fingerprint density at radius 3 is 2.71 bits per heavy atom. The Kier molecular flexibility index (Phi) is 4.78. The lowest BCUT2D eigenvalue weighted by atomic mass is 9.84. The van der Waals surface area contributed by atoms with Crippen LogP contribution in [0, 0.1) is 0 Å². The van der Waals surface area contributed by atoms with Gasteiger partial charge in [-0.25, -0.2) is 4.79 Å². The number of nitrogens with one attached hydrogen (secondary N) is 1. The van der Waals surface area contributed by atoms with Crippen LogP contribution < -0.4 is 5.32 Å². The van der Waals surface area contributed by atoms with Crippen molar-refractivity contribution in [1.82, 2.24) is 20.0 Å².